The summed E-state index contributed by atoms with van der Waals surface area (Å²) in [6.45, 7) is 0. The molecule has 8 heteroatoms. The first-order valence-corrected chi connectivity index (χ1v) is 8.08. The van der Waals surface area contributed by atoms with Crippen LogP contribution in [0.2, 0.25) is 5.02 Å². The fraction of sp³-hybridized carbons (Fsp3) is 0.125. The van der Waals surface area contributed by atoms with Gasteiger partial charge in [-0.05, 0) is 35.9 Å². The van der Waals surface area contributed by atoms with Crippen molar-refractivity contribution in [2.75, 3.05) is 0 Å². The summed E-state index contributed by atoms with van der Waals surface area (Å²) in [4.78, 5) is 16.1. The second-order valence-electron chi connectivity index (χ2n) is 4.91. The number of fused-ring (bicyclic) bond motifs is 1. The second kappa shape index (κ2) is 6.49. The van der Waals surface area contributed by atoms with Crippen LogP contribution in [-0.4, -0.2) is 4.98 Å². The van der Waals surface area contributed by atoms with E-state index >= 15 is 0 Å². The van der Waals surface area contributed by atoms with E-state index in [1.807, 2.05) is 0 Å². The van der Waals surface area contributed by atoms with Crippen LogP contribution in [-0.2, 0) is 11.9 Å². The normalized spacial score (nSPS) is 11.8. The minimum absolute atomic E-state index is 0.148. The molecular formula is C16H9ClF3NO2S. The minimum atomic E-state index is -4.36. The molecular weight excluding hydrogens is 363 g/mol. The van der Waals surface area contributed by atoms with Crippen molar-refractivity contribution in [3.8, 4) is 0 Å². The average molecular weight is 372 g/mol. The van der Waals surface area contributed by atoms with E-state index in [1.165, 1.54) is 18.2 Å². The molecule has 0 N–H and O–H groups in total. The lowest BCUT2D eigenvalue weighted by atomic mass is 10.1. The number of hydrogen-bond acceptors (Lipinski definition) is 4. The molecule has 124 valence electrons. The first-order chi connectivity index (χ1) is 11.3. The van der Waals surface area contributed by atoms with Crippen molar-refractivity contribution in [3.05, 3.63) is 69.0 Å². The Labute approximate surface area is 143 Å². The fourth-order valence-electron chi connectivity index (χ4n) is 2.02. The Balaban J connectivity index is 1.78. The van der Waals surface area contributed by atoms with Gasteiger partial charge in [0.15, 0.2) is 0 Å². The number of benzene rings is 2. The number of thioether (sulfide) groups is 1. The van der Waals surface area contributed by atoms with E-state index in [2.05, 4.69) is 4.98 Å². The van der Waals surface area contributed by atoms with Gasteiger partial charge in [0.25, 0.3) is 5.22 Å². The minimum Gasteiger partial charge on any atom is -0.397 e. The van der Waals surface area contributed by atoms with Gasteiger partial charge in [-0.3, -0.25) is 0 Å². The Bertz CT molecular complexity index is 939. The van der Waals surface area contributed by atoms with Crippen molar-refractivity contribution in [2.24, 2.45) is 0 Å². The second-order valence-corrected chi connectivity index (χ2v) is 6.28. The van der Waals surface area contributed by atoms with Crippen molar-refractivity contribution in [3.63, 3.8) is 0 Å². The maximum absolute atomic E-state index is 12.5. The Morgan fingerprint density at radius 1 is 1.12 bits per heavy atom. The summed E-state index contributed by atoms with van der Waals surface area (Å²) in [5.74, 6) is 0.327. The Morgan fingerprint density at radius 2 is 1.83 bits per heavy atom. The Morgan fingerprint density at radius 3 is 2.50 bits per heavy atom. The maximum Gasteiger partial charge on any atom is 0.416 e. The number of halogens is 4. The van der Waals surface area contributed by atoms with Crippen LogP contribution in [0.15, 0.2) is 56.9 Å². The van der Waals surface area contributed by atoms with Gasteiger partial charge in [0.05, 0.1) is 16.5 Å². The summed E-state index contributed by atoms with van der Waals surface area (Å²) in [5.41, 5.74) is -0.153. The summed E-state index contributed by atoms with van der Waals surface area (Å²) in [5, 5.41) is 0.831. The molecule has 3 aromatic rings. The molecule has 0 bridgehead atoms. The van der Waals surface area contributed by atoms with E-state index in [0.29, 0.717) is 21.9 Å². The molecule has 0 unspecified atom stereocenters. The molecule has 1 aromatic heterocycles. The van der Waals surface area contributed by atoms with Crippen molar-refractivity contribution in [2.45, 2.75) is 17.2 Å². The highest BCUT2D eigenvalue weighted by atomic mass is 35.5. The third-order valence-corrected chi connectivity index (χ3v) is 4.35. The molecule has 2 aromatic carbocycles. The van der Waals surface area contributed by atoms with Crippen molar-refractivity contribution in [1.29, 1.82) is 0 Å². The molecule has 0 radical (unpaired) electrons. The van der Waals surface area contributed by atoms with Crippen LogP contribution in [0.5, 0.6) is 0 Å². The summed E-state index contributed by atoms with van der Waals surface area (Å²) >= 11 is 6.95. The first kappa shape index (κ1) is 16.9. The number of hydrogen-bond donors (Lipinski definition) is 0. The van der Waals surface area contributed by atoms with Gasteiger partial charge in [-0.2, -0.15) is 13.2 Å². The van der Waals surface area contributed by atoms with Crippen molar-refractivity contribution < 1.29 is 17.6 Å². The SMILES string of the molecule is O=c1oc(SCc2ccc(C(F)(F)F)cc2)nc2ccc(Cl)cc12. The average Bonchev–Trinajstić information content (AvgIpc) is 2.53. The van der Waals surface area contributed by atoms with Gasteiger partial charge < -0.3 is 4.42 Å². The molecule has 0 aliphatic carbocycles. The third kappa shape index (κ3) is 3.73. The van der Waals surface area contributed by atoms with Gasteiger partial charge in [-0.25, -0.2) is 9.78 Å². The third-order valence-electron chi connectivity index (χ3n) is 3.21. The lowest BCUT2D eigenvalue weighted by Gasteiger charge is -2.07. The highest BCUT2D eigenvalue weighted by Crippen LogP contribution is 2.30. The van der Waals surface area contributed by atoms with Gasteiger partial charge in [0, 0.05) is 10.8 Å². The van der Waals surface area contributed by atoms with Crippen LogP contribution >= 0.6 is 23.4 Å². The Kier molecular flexibility index (Phi) is 4.56. The maximum atomic E-state index is 12.5. The lowest BCUT2D eigenvalue weighted by Crippen LogP contribution is -2.04. The number of rotatable bonds is 3. The molecule has 0 spiro atoms. The van der Waals surface area contributed by atoms with Crippen LogP contribution in [0.3, 0.4) is 0 Å². The number of alkyl halides is 3. The molecule has 0 saturated carbocycles. The zero-order valence-electron chi connectivity index (χ0n) is 11.9. The van der Waals surface area contributed by atoms with E-state index in [-0.39, 0.29) is 10.6 Å². The summed E-state index contributed by atoms with van der Waals surface area (Å²) in [7, 11) is 0. The molecule has 0 saturated heterocycles. The number of nitrogens with zero attached hydrogens (tertiary/aromatic N) is 1. The highest BCUT2D eigenvalue weighted by Gasteiger charge is 2.29. The molecule has 0 aliphatic heterocycles. The van der Waals surface area contributed by atoms with Crippen molar-refractivity contribution >= 4 is 34.3 Å². The first-order valence-electron chi connectivity index (χ1n) is 6.72. The van der Waals surface area contributed by atoms with E-state index in [1.54, 1.807) is 12.1 Å². The van der Waals surface area contributed by atoms with E-state index < -0.39 is 17.4 Å². The summed E-state index contributed by atoms with van der Waals surface area (Å²) in [6.07, 6.45) is -4.36. The standard InChI is InChI=1S/C16H9ClF3NO2S/c17-11-5-6-13-12(7-11)14(22)23-15(21-13)24-8-9-1-3-10(4-2-9)16(18,19)20/h1-7H,8H2. The summed E-state index contributed by atoms with van der Waals surface area (Å²) < 4.78 is 42.7. The van der Waals surface area contributed by atoms with E-state index in [4.69, 9.17) is 16.0 Å². The molecule has 0 amide bonds. The monoisotopic (exact) mass is 371 g/mol. The van der Waals surface area contributed by atoms with E-state index in [9.17, 15) is 18.0 Å². The summed E-state index contributed by atoms with van der Waals surface area (Å²) in [6, 6.07) is 9.49. The molecule has 0 atom stereocenters. The van der Waals surface area contributed by atoms with Crippen LogP contribution in [0.4, 0.5) is 13.2 Å². The van der Waals surface area contributed by atoms with Crippen molar-refractivity contribution in [1.82, 2.24) is 4.98 Å². The van der Waals surface area contributed by atoms with Crippen LogP contribution in [0.25, 0.3) is 10.9 Å². The molecule has 3 nitrogen and oxygen atoms in total. The van der Waals surface area contributed by atoms with E-state index in [0.717, 1.165) is 23.9 Å². The topological polar surface area (TPSA) is 43.1 Å². The molecule has 1 heterocycles. The fourth-order valence-corrected chi connectivity index (χ4v) is 2.97. The smallest absolute Gasteiger partial charge is 0.397 e. The predicted molar refractivity (Wildman–Crippen MR) is 86.3 cm³/mol. The molecule has 3 rings (SSSR count). The largest absolute Gasteiger partial charge is 0.416 e. The lowest BCUT2D eigenvalue weighted by molar-refractivity contribution is -0.137. The van der Waals surface area contributed by atoms with Gasteiger partial charge in [-0.15, -0.1) is 0 Å². The molecule has 0 aliphatic rings. The van der Waals surface area contributed by atoms with Gasteiger partial charge in [0.1, 0.15) is 0 Å². The zero-order valence-corrected chi connectivity index (χ0v) is 13.5. The zero-order chi connectivity index (χ0) is 17.3. The highest BCUT2D eigenvalue weighted by molar-refractivity contribution is 7.98. The van der Waals surface area contributed by atoms with Crippen LogP contribution < -0.4 is 5.63 Å². The quantitative estimate of drug-likeness (QED) is 0.597. The molecule has 0 fully saturated rings. The molecule has 24 heavy (non-hydrogen) atoms. The Hall–Kier alpha value is -1.99. The van der Waals surface area contributed by atoms with Gasteiger partial charge in [0.2, 0.25) is 0 Å². The van der Waals surface area contributed by atoms with Crippen LogP contribution in [0.1, 0.15) is 11.1 Å². The predicted octanol–water partition coefficient (Wildman–Crippen LogP) is 5.15. The van der Waals surface area contributed by atoms with Crippen LogP contribution in [0, 0.1) is 0 Å². The van der Waals surface area contributed by atoms with Gasteiger partial charge >= 0.3 is 11.8 Å². The van der Waals surface area contributed by atoms with Gasteiger partial charge in [-0.1, -0.05) is 35.5 Å². The number of aromatic nitrogens is 1.